The van der Waals surface area contributed by atoms with Gasteiger partial charge in [-0.05, 0) is 0 Å². The van der Waals surface area contributed by atoms with Crippen molar-refractivity contribution in [1.29, 1.82) is 0 Å². The summed E-state index contributed by atoms with van der Waals surface area (Å²) >= 11 is 0. The van der Waals surface area contributed by atoms with E-state index in [2.05, 4.69) is 4.99 Å². The van der Waals surface area contributed by atoms with Gasteiger partial charge in [0, 0.05) is 0 Å². The fourth-order valence-corrected chi connectivity index (χ4v) is 1.22. The summed E-state index contributed by atoms with van der Waals surface area (Å²) in [7, 11) is 0. The van der Waals surface area contributed by atoms with Crippen molar-refractivity contribution in [3.63, 3.8) is 0 Å². The Morgan fingerprint density at radius 3 is 1.63 bits per heavy atom. The minimum Gasteiger partial charge on any atom is -0.370 e. The first-order valence-corrected chi connectivity index (χ1v) is 4.45. The van der Waals surface area contributed by atoms with E-state index in [1.54, 1.807) is 0 Å². The molecule has 0 aliphatic rings. The molecular weight excluding hydrogens is 264 g/mol. The molecule has 1 aromatic rings. The Hall–Kier alpha value is -3.31. The van der Waals surface area contributed by atoms with E-state index in [9.17, 15) is 30.3 Å². The number of guanidine groups is 1. The average Bonchev–Trinajstić information content (AvgIpc) is 2.27. The van der Waals surface area contributed by atoms with E-state index in [0.717, 1.165) is 0 Å². The van der Waals surface area contributed by atoms with Gasteiger partial charge in [-0.3, -0.25) is 30.3 Å². The summed E-state index contributed by atoms with van der Waals surface area (Å²) in [6.45, 7) is 0. The molecule has 100 valence electrons. The highest BCUT2D eigenvalue weighted by Crippen LogP contribution is 2.40. The van der Waals surface area contributed by atoms with Crippen molar-refractivity contribution in [1.82, 2.24) is 0 Å². The second-order valence-electron chi connectivity index (χ2n) is 3.14. The lowest BCUT2D eigenvalue weighted by Gasteiger charge is -2.00. The number of nitrogens with zero attached hydrogens (tertiary/aromatic N) is 4. The van der Waals surface area contributed by atoms with Crippen LogP contribution in [0, 0.1) is 30.3 Å². The fourth-order valence-electron chi connectivity index (χ4n) is 1.22. The monoisotopic (exact) mass is 270 g/mol. The number of non-ortho nitro benzene ring substituents is 1. The molecule has 0 heterocycles. The van der Waals surface area contributed by atoms with Crippen molar-refractivity contribution in [2.45, 2.75) is 0 Å². The van der Waals surface area contributed by atoms with Gasteiger partial charge in [-0.2, -0.15) is 0 Å². The SMILES string of the molecule is NC(N)=Nc1c([N+](=O)[O-])cc([N+](=O)[O-])cc1[N+](=O)[O-]. The Balaban J connectivity index is 3.75. The third-order valence-corrected chi connectivity index (χ3v) is 1.90. The summed E-state index contributed by atoms with van der Waals surface area (Å²) in [6, 6.07) is 1.07. The van der Waals surface area contributed by atoms with Crippen LogP contribution in [0.3, 0.4) is 0 Å². The number of hydrogen-bond donors (Lipinski definition) is 2. The van der Waals surface area contributed by atoms with Gasteiger partial charge >= 0.3 is 11.4 Å². The molecule has 0 bridgehead atoms. The molecule has 0 spiro atoms. The number of nitrogens with two attached hydrogens (primary N) is 2. The van der Waals surface area contributed by atoms with E-state index >= 15 is 0 Å². The van der Waals surface area contributed by atoms with E-state index in [0.29, 0.717) is 12.1 Å². The first kappa shape index (κ1) is 13.8. The predicted octanol–water partition coefficient (Wildman–Crippen LogP) is 0.316. The van der Waals surface area contributed by atoms with Crippen LogP contribution in [0.2, 0.25) is 0 Å². The summed E-state index contributed by atoms with van der Waals surface area (Å²) in [6.07, 6.45) is 0. The Bertz CT molecular complexity index is 571. The molecule has 0 unspecified atom stereocenters. The highest BCUT2D eigenvalue weighted by Gasteiger charge is 2.30. The second kappa shape index (κ2) is 4.91. The highest BCUT2D eigenvalue weighted by molar-refractivity contribution is 5.85. The highest BCUT2D eigenvalue weighted by atomic mass is 16.6. The fraction of sp³-hybridized carbons (Fsp3) is 0. The van der Waals surface area contributed by atoms with Gasteiger partial charge in [0.25, 0.3) is 5.69 Å². The summed E-state index contributed by atoms with van der Waals surface area (Å²) in [5.41, 5.74) is 6.58. The van der Waals surface area contributed by atoms with Gasteiger partial charge in [-0.25, -0.2) is 4.99 Å². The predicted molar refractivity (Wildman–Crippen MR) is 61.9 cm³/mol. The molecule has 12 nitrogen and oxygen atoms in total. The minimum atomic E-state index is -1.05. The number of hydrogen-bond acceptors (Lipinski definition) is 7. The quantitative estimate of drug-likeness (QED) is 0.337. The van der Waals surface area contributed by atoms with Gasteiger partial charge in [0.05, 0.1) is 26.9 Å². The van der Waals surface area contributed by atoms with Crippen LogP contribution in [0.4, 0.5) is 22.7 Å². The van der Waals surface area contributed by atoms with Gasteiger partial charge in [0.1, 0.15) is 0 Å². The molecule has 0 amide bonds. The first-order valence-electron chi connectivity index (χ1n) is 4.45. The molecule has 0 saturated heterocycles. The Kier molecular flexibility index (Phi) is 3.55. The van der Waals surface area contributed by atoms with Crippen molar-refractivity contribution in [3.05, 3.63) is 42.5 Å². The second-order valence-corrected chi connectivity index (χ2v) is 3.14. The van der Waals surface area contributed by atoms with Crippen LogP contribution in [0.15, 0.2) is 17.1 Å². The van der Waals surface area contributed by atoms with E-state index in [-0.39, 0.29) is 0 Å². The lowest BCUT2D eigenvalue weighted by atomic mass is 10.2. The molecule has 1 rings (SSSR count). The van der Waals surface area contributed by atoms with Crippen LogP contribution >= 0.6 is 0 Å². The van der Waals surface area contributed by atoms with Crippen LogP contribution in [0.1, 0.15) is 0 Å². The molecule has 0 radical (unpaired) electrons. The lowest BCUT2D eigenvalue weighted by molar-refractivity contribution is -0.402. The van der Waals surface area contributed by atoms with E-state index in [1.807, 2.05) is 0 Å². The lowest BCUT2D eigenvalue weighted by Crippen LogP contribution is -2.22. The summed E-state index contributed by atoms with van der Waals surface area (Å²) in [5, 5.41) is 32.1. The average molecular weight is 270 g/mol. The molecule has 0 atom stereocenters. The molecule has 4 N–H and O–H groups in total. The van der Waals surface area contributed by atoms with Crippen molar-refractivity contribution in [3.8, 4) is 0 Å². The minimum absolute atomic E-state index is 0.536. The smallest absolute Gasteiger partial charge is 0.308 e. The number of benzene rings is 1. The number of nitro benzene ring substituents is 3. The normalized spacial score (nSPS) is 9.68. The van der Waals surface area contributed by atoms with E-state index in [4.69, 9.17) is 11.5 Å². The third kappa shape index (κ3) is 2.87. The van der Waals surface area contributed by atoms with E-state index in [1.165, 1.54) is 0 Å². The van der Waals surface area contributed by atoms with Gasteiger partial charge in [0.2, 0.25) is 5.69 Å². The first-order chi connectivity index (χ1) is 8.73. The Labute approximate surface area is 103 Å². The van der Waals surface area contributed by atoms with Gasteiger partial charge in [-0.1, -0.05) is 0 Å². The van der Waals surface area contributed by atoms with Gasteiger partial charge in [-0.15, -0.1) is 0 Å². The molecule has 0 aliphatic heterocycles. The number of nitro groups is 3. The van der Waals surface area contributed by atoms with Crippen LogP contribution in [-0.4, -0.2) is 20.7 Å². The van der Waals surface area contributed by atoms with Crippen molar-refractivity contribution in [2.75, 3.05) is 0 Å². The number of aliphatic imine (C=N–C) groups is 1. The zero-order chi connectivity index (χ0) is 14.7. The van der Waals surface area contributed by atoms with E-state index < -0.39 is 43.5 Å². The zero-order valence-corrected chi connectivity index (χ0v) is 9.05. The molecule has 0 fully saturated rings. The van der Waals surface area contributed by atoms with Crippen molar-refractivity contribution >= 4 is 28.7 Å². The summed E-state index contributed by atoms with van der Waals surface area (Å²) in [4.78, 5) is 32.2. The van der Waals surface area contributed by atoms with Crippen molar-refractivity contribution in [2.24, 2.45) is 16.5 Å². The molecule has 0 saturated carbocycles. The van der Waals surface area contributed by atoms with Gasteiger partial charge in [0.15, 0.2) is 5.96 Å². The molecule has 19 heavy (non-hydrogen) atoms. The largest absolute Gasteiger partial charge is 0.370 e. The standard InChI is InChI=1S/C7H6N6O6/c8-7(9)10-6-4(12(16)17)1-3(11(14)15)2-5(6)13(18)19/h1-2H,(H4,8,9,10). The maximum atomic E-state index is 10.8. The molecule has 1 aromatic carbocycles. The van der Waals surface area contributed by atoms with Crippen LogP contribution < -0.4 is 11.5 Å². The molecule has 12 heteroatoms. The van der Waals surface area contributed by atoms with Crippen LogP contribution in [0.25, 0.3) is 0 Å². The molecule has 0 aromatic heterocycles. The molecule has 0 aliphatic carbocycles. The van der Waals surface area contributed by atoms with Crippen LogP contribution in [-0.2, 0) is 0 Å². The third-order valence-electron chi connectivity index (χ3n) is 1.90. The summed E-state index contributed by atoms with van der Waals surface area (Å²) < 4.78 is 0. The topological polar surface area (TPSA) is 194 Å². The maximum absolute atomic E-state index is 10.8. The Morgan fingerprint density at radius 2 is 1.37 bits per heavy atom. The van der Waals surface area contributed by atoms with Crippen LogP contribution in [0.5, 0.6) is 0 Å². The zero-order valence-electron chi connectivity index (χ0n) is 9.05. The molecular formula is C7H6N6O6. The Morgan fingerprint density at radius 1 is 0.947 bits per heavy atom. The summed E-state index contributed by atoms with van der Waals surface area (Å²) in [5.74, 6) is -0.653. The van der Waals surface area contributed by atoms with Crippen molar-refractivity contribution < 1.29 is 14.8 Å². The van der Waals surface area contributed by atoms with Gasteiger partial charge < -0.3 is 11.5 Å². The number of rotatable bonds is 4. The maximum Gasteiger partial charge on any atom is 0.308 e.